The first-order chi connectivity index (χ1) is 8.78. The molecule has 3 atom stereocenters. The summed E-state index contributed by atoms with van der Waals surface area (Å²) < 4.78 is 22.3. The van der Waals surface area contributed by atoms with E-state index in [1.807, 2.05) is 0 Å². The molecule has 0 bridgehead atoms. The Labute approximate surface area is 108 Å². The van der Waals surface area contributed by atoms with Crippen LogP contribution in [0.3, 0.4) is 0 Å². The maximum Gasteiger partial charge on any atom is 0.472 e. The highest BCUT2D eigenvalue weighted by atomic mass is 31.2. The molecule has 2 N–H and O–H groups in total. The van der Waals surface area contributed by atoms with E-state index in [1.54, 1.807) is 13.8 Å². The van der Waals surface area contributed by atoms with Gasteiger partial charge in [0.2, 0.25) is 0 Å². The fourth-order valence-electron chi connectivity index (χ4n) is 1.98. The summed E-state index contributed by atoms with van der Waals surface area (Å²) in [5.74, 6) is 0. The number of aromatic amines is 1. The largest absolute Gasteiger partial charge is 0.472 e. The number of H-pyrrole nitrogens is 1. The fraction of sp³-hybridized carbons (Fsp3) is 0.600. The monoisotopic (exact) mass is 290 g/mol. The van der Waals surface area contributed by atoms with Crippen molar-refractivity contribution in [1.82, 2.24) is 9.55 Å². The second-order valence-electron chi connectivity index (χ2n) is 4.55. The van der Waals surface area contributed by atoms with E-state index in [4.69, 9.17) is 9.05 Å². The molecular weight excluding hydrogens is 275 g/mol. The highest BCUT2D eigenvalue weighted by molar-refractivity contribution is 7.47. The van der Waals surface area contributed by atoms with E-state index in [1.165, 1.54) is 10.8 Å². The number of hydrogen-bond acceptors (Lipinski definition) is 5. The number of aryl methyl sites for hydroxylation is 1. The smallest absolute Gasteiger partial charge is 0.302 e. The molecule has 1 aromatic rings. The van der Waals surface area contributed by atoms with Crippen molar-refractivity contribution in [2.45, 2.75) is 32.4 Å². The summed E-state index contributed by atoms with van der Waals surface area (Å²) in [6.45, 7) is 3.06. The first-order valence-electron chi connectivity index (χ1n) is 5.76. The summed E-state index contributed by atoms with van der Waals surface area (Å²) in [6.07, 6.45) is 1.20. The summed E-state index contributed by atoms with van der Waals surface area (Å²) in [6, 6.07) is -0.471. The third kappa shape index (κ3) is 3.22. The molecule has 0 spiro atoms. The first kappa shape index (κ1) is 14.2. The molecule has 2 heterocycles. The predicted octanol–water partition coefficient (Wildman–Crippen LogP) is 0.312. The Kier molecular flexibility index (Phi) is 3.78. The van der Waals surface area contributed by atoms with Crippen LogP contribution in [0.25, 0.3) is 0 Å². The van der Waals surface area contributed by atoms with Crippen LogP contribution in [0, 0.1) is 6.92 Å². The van der Waals surface area contributed by atoms with Crippen molar-refractivity contribution >= 4 is 7.82 Å². The number of phosphoric ester groups is 1. The average Bonchev–Trinajstić information content (AvgIpc) is 2.41. The summed E-state index contributed by atoms with van der Waals surface area (Å²) in [4.78, 5) is 34.6. The Bertz CT molecular complexity index is 636. The van der Waals surface area contributed by atoms with Gasteiger partial charge in [-0.05, 0) is 20.3 Å². The molecule has 19 heavy (non-hydrogen) atoms. The van der Waals surface area contributed by atoms with Crippen molar-refractivity contribution < 1.29 is 18.5 Å². The van der Waals surface area contributed by atoms with Gasteiger partial charge < -0.3 is 4.89 Å². The normalized spacial score (nSPS) is 31.9. The minimum absolute atomic E-state index is 0.135. The van der Waals surface area contributed by atoms with Gasteiger partial charge in [-0.1, -0.05) is 0 Å². The van der Waals surface area contributed by atoms with Gasteiger partial charge in [0.25, 0.3) is 5.56 Å². The Morgan fingerprint density at radius 1 is 1.53 bits per heavy atom. The molecule has 0 aliphatic carbocycles. The molecule has 2 rings (SSSR count). The second kappa shape index (κ2) is 5.05. The van der Waals surface area contributed by atoms with E-state index in [0.717, 1.165) is 0 Å². The van der Waals surface area contributed by atoms with E-state index in [9.17, 15) is 19.0 Å². The van der Waals surface area contributed by atoms with Gasteiger partial charge in [-0.3, -0.25) is 23.4 Å². The van der Waals surface area contributed by atoms with Crippen LogP contribution in [0.4, 0.5) is 0 Å². The van der Waals surface area contributed by atoms with Crippen molar-refractivity contribution in [3.63, 3.8) is 0 Å². The van der Waals surface area contributed by atoms with Gasteiger partial charge in [0.05, 0.1) is 18.8 Å². The lowest BCUT2D eigenvalue weighted by Crippen LogP contribution is -2.35. The van der Waals surface area contributed by atoms with Crippen LogP contribution >= 0.6 is 7.82 Å². The van der Waals surface area contributed by atoms with Gasteiger partial charge in [0.15, 0.2) is 0 Å². The van der Waals surface area contributed by atoms with Gasteiger partial charge in [0.1, 0.15) is 0 Å². The maximum absolute atomic E-state index is 11.8. The summed E-state index contributed by atoms with van der Waals surface area (Å²) >= 11 is 0. The van der Waals surface area contributed by atoms with Crippen LogP contribution < -0.4 is 11.2 Å². The highest BCUT2D eigenvalue weighted by Gasteiger charge is 2.32. The van der Waals surface area contributed by atoms with Crippen molar-refractivity contribution in [1.29, 1.82) is 0 Å². The predicted molar refractivity (Wildman–Crippen MR) is 66.0 cm³/mol. The zero-order valence-electron chi connectivity index (χ0n) is 10.5. The second-order valence-corrected chi connectivity index (χ2v) is 5.95. The highest BCUT2D eigenvalue weighted by Crippen LogP contribution is 2.48. The third-order valence-electron chi connectivity index (χ3n) is 2.89. The van der Waals surface area contributed by atoms with Crippen LogP contribution in [0.1, 0.15) is 24.9 Å². The molecule has 3 unspecified atom stereocenters. The Hall–Kier alpha value is -1.21. The fourth-order valence-corrected chi connectivity index (χ4v) is 2.95. The van der Waals surface area contributed by atoms with Crippen molar-refractivity contribution in [3.8, 4) is 0 Å². The average molecular weight is 290 g/mol. The third-order valence-corrected chi connectivity index (χ3v) is 3.99. The molecule has 1 saturated heterocycles. The van der Waals surface area contributed by atoms with E-state index >= 15 is 0 Å². The molecule has 0 saturated carbocycles. The number of nitrogens with zero attached hydrogens (tertiary/aromatic N) is 1. The minimum atomic E-state index is -4.07. The van der Waals surface area contributed by atoms with Crippen LogP contribution in [0.15, 0.2) is 15.8 Å². The zero-order chi connectivity index (χ0) is 14.2. The first-order valence-corrected chi connectivity index (χ1v) is 7.26. The Morgan fingerprint density at radius 2 is 2.21 bits per heavy atom. The van der Waals surface area contributed by atoms with Gasteiger partial charge in [-0.25, -0.2) is 9.36 Å². The standard InChI is InChI=1S/C10H15N2O6P/c1-6-4-12(10(14)11-9(6)13)8-3-7(2)18-19(15,16)17-5-8/h4,7-8H,3,5H2,1-2H3,(H,15,16)(H,11,13,14). The number of aromatic nitrogens is 2. The van der Waals surface area contributed by atoms with E-state index in [0.29, 0.717) is 12.0 Å². The number of nitrogens with one attached hydrogen (secondary N) is 1. The molecule has 0 radical (unpaired) electrons. The van der Waals surface area contributed by atoms with Crippen LogP contribution in [-0.2, 0) is 13.6 Å². The molecule has 1 aliphatic rings. The Balaban J connectivity index is 2.37. The number of phosphoric acid groups is 1. The topological polar surface area (TPSA) is 111 Å². The van der Waals surface area contributed by atoms with E-state index in [2.05, 4.69) is 4.98 Å². The molecule has 0 amide bonds. The number of rotatable bonds is 1. The van der Waals surface area contributed by atoms with Gasteiger partial charge >= 0.3 is 13.5 Å². The van der Waals surface area contributed by atoms with Crippen LogP contribution in [-0.4, -0.2) is 27.2 Å². The molecule has 1 fully saturated rings. The van der Waals surface area contributed by atoms with Crippen LogP contribution in [0.5, 0.6) is 0 Å². The molecule has 9 heteroatoms. The van der Waals surface area contributed by atoms with Gasteiger partial charge in [-0.2, -0.15) is 0 Å². The molecule has 8 nitrogen and oxygen atoms in total. The summed E-state index contributed by atoms with van der Waals surface area (Å²) in [7, 11) is -4.07. The summed E-state index contributed by atoms with van der Waals surface area (Å²) in [5.41, 5.74) is -0.649. The lowest BCUT2D eigenvalue weighted by molar-refractivity contribution is 0.138. The molecule has 1 aliphatic heterocycles. The van der Waals surface area contributed by atoms with E-state index < -0.39 is 31.2 Å². The zero-order valence-corrected chi connectivity index (χ0v) is 11.4. The minimum Gasteiger partial charge on any atom is -0.302 e. The lowest BCUT2D eigenvalue weighted by Gasteiger charge is -2.17. The van der Waals surface area contributed by atoms with Crippen molar-refractivity contribution in [3.05, 3.63) is 32.6 Å². The molecular formula is C10H15N2O6P. The summed E-state index contributed by atoms with van der Waals surface area (Å²) in [5, 5.41) is 0. The SMILES string of the molecule is Cc1cn(C2COP(=O)(O)OC(C)C2)c(=O)[nH]c1=O. The van der Waals surface area contributed by atoms with Crippen molar-refractivity contribution in [2.24, 2.45) is 0 Å². The van der Waals surface area contributed by atoms with Gasteiger partial charge in [0, 0.05) is 11.8 Å². The van der Waals surface area contributed by atoms with Gasteiger partial charge in [-0.15, -0.1) is 0 Å². The quantitative estimate of drug-likeness (QED) is 0.720. The molecule has 0 aromatic carbocycles. The lowest BCUT2D eigenvalue weighted by atomic mass is 10.1. The Morgan fingerprint density at radius 3 is 2.89 bits per heavy atom. The van der Waals surface area contributed by atoms with Crippen molar-refractivity contribution in [2.75, 3.05) is 6.61 Å². The molecule has 106 valence electrons. The van der Waals surface area contributed by atoms with Crippen LogP contribution in [0.2, 0.25) is 0 Å². The van der Waals surface area contributed by atoms with E-state index in [-0.39, 0.29) is 6.61 Å². The number of hydrogen-bond donors (Lipinski definition) is 2. The molecule has 1 aromatic heterocycles. The maximum atomic E-state index is 11.8.